The second-order valence-corrected chi connectivity index (χ2v) is 9.12. The van der Waals surface area contributed by atoms with Crippen molar-refractivity contribution in [3.63, 3.8) is 0 Å². The molecule has 3 aliphatic rings. The van der Waals surface area contributed by atoms with Crippen LogP contribution in [0.2, 0.25) is 0 Å². The van der Waals surface area contributed by atoms with E-state index in [-0.39, 0.29) is 36.2 Å². The first-order valence-corrected chi connectivity index (χ1v) is 11.9. The monoisotopic (exact) mass is 457 g/mol. The molecule has 0 bridgehead atoms. The van der Waals surface area contributed by atoms with Gasteiger partial charge in [-0.05, 0) is 75.4 Å². The van der Waals surface area contributed by atoms with Crippen LogP contribution in [-0.2, 0) is 16.1 Å². The molecule has 7 nitrogen and oxygen atoms in total. The van der Waals surface area contributed by atoms with E-state index >= 15 is 0 Å². The summed E-state index contributed by atoms with van der Waals surface area (Å²) in [7, 11) is 0. The van der Waals surface area contributed by atoms with Gasteiger partial charge in [-0.3, -0.25) is 24.6 Å². The molecule has 1 N–H and O–H groups in total. The Kier molecular flexibility index (Phi) is 7.12. The lowest BCUT2D eigenvalue weighted by atomic mass is 10.0. The van der Waals surface area contributed by atoms with Gasteiger partial charge in [-0.15, -0.1) is 0 Å². The molecule has 178 valence electrons. The van der Waals surface area contributed by atoms with Crippen molar-refractivity contribution in [3.8, 4) is 5.75 Å². The number of carbonyl (C=O) groups is 3. The molecule has 1 unspecified atom stereocenters. The van der Waals surface area contributed by atoms with Crippen LogP contribution in [-0.4, -0.2) is 58.8 Å². The summed E-state index contributed by atoms with van der Waals surface area (Å²) >= 11 is 0. The summed E-state index contributed by atoms with van der Waals surface area (Å²) in [6.07, 6.45) is 4.83. The van der Waals surface area contributed by atoms with E-state index in [1.807, 2.05) is 12.1 Å². The van der Waals surface area contributed by atoms with Gasteiger partial charge in [0.25, 0.3) is 5.91 Å². The van der Waals surface area contributed by atoms with E-state index < -0.39 is 11.9 Å². The molecule has 2 fully saturated rings. The molecular weight excluding hydrogens is 425 g/mol. The number of ether oxygens (including phenoxy) is 1. The minimum Gasteiger partial charge on any atom is -0.489 e. The maximum Gasteiger partial charge on any atom is 0.255 e. The first-order chi connectivity index (χ1) is 15.9. The van der Waals surface area contributed by atoms with Crippen LogP contribution >= 0.6 is 0 Å². The zero-order valence-corrected chi connectivity index (χ0v) is 19.1. The Hall–Kier alpha value is -2.74. The molecule has 8 heteroatoms. The highest BCUT2D eigenvalue weighted by Crippen LogP contribution is 2.33. The number of imide groups is 1. The van der Waals surface area contributed by atoms with Crippen LogP contribution in [0.1, 0.15) is 67.8 Å². The van der Waals surface area contributed by atoms with Crippen LogP contribution in [0.4, 0.5) is 4.39 Å². The molecule has 1 aromatic rings. The number of hydrogen-bond acceptors (Lipinski definition) is 5. The summed E-state index contributed by atoms with van der Waals surface area (Å²) < 4.78 is 19.4. The molecule has 33 heavy (non-hydrogen) atoms. The molecule has 1 saturated carbocycles. The van der Waals surface area contributed by atoms with Crippen molar-refractivity contribution in [1.29, 1.82) is 0 Å². The van der Waals surface area contributed by atoms with Gasteiger partial charge in [0.15, 0.2) is 0 Å². The molecule has 0 aromatic heterocycles. The molecule has 2 aliphatic heterocycles. The molecule has 1 saturated heterocycles. The number of fused-ring (bicyclic) bond motifs is 1. The number of carbonyl (C=O) groups excluding carboxylic acids is 3. The van der Waals surface area contributed by atoms with E-state index in [1.165, 1.54) is 0 Å². The Labute approximate surface area is 193 Å². The SMILES string of the molecule is C=C(F)CCCN(CC)[C@@H]1CCC[C@@H]1Oc1ccc2c(c1)CN(C1CCC(=O)NC1=O)C2=O. The topological polar surface area (TPSA) is 79.0 Å². The highest BCUT2D eigenvalue weighted by Gasteiger charge is 2.39. The highest BCUT2D eigenvalue weighted by molar-refractivity contribution is 6.05. The van der Waals surface area contributed by atoms with E-state index in [9.17, 15) is 18.8 Å². The molecule has 1 aliphatic carbocycles. The van der Waals surface area contributed by atoms with Gasteiger partial charge < -0.3 is 9.64 Å². The summed E-state index contributed by atoms with van der Waals surface area (Å²) in [5, 5.41) is 2.33. The number of halogens is 1. The predicted molar refractivity (Wildman–Crippen MR) is 121 cm³/mol. The molecular formula is C25H32FN3O4. The quantitative estimate of drug-likeness (QED) is 0.576. The van der Waals surface area contributed by atoms with Gasteiger partial charge in [0.1, 0.15) is 17.9 Å². The Bertz CT molecular complexity index is 950. The van der Waals surface area contributed by atoms with Crippen molar-refractivity contribution in [2.75, 3.05) is 13.1 Å². The standard InChI is InChI=1S/C25H32FN3O4/c1-3-28(13-5-6-16(2)26)20-7-4-8-22(20)33-18-9-10-19-17(14-18)15-29(25(19)32)21-11-12-23(30)27-24(21)31/h9-10,14,20-22H,2-8,11-13,15H2,1H3,(H,27,30,31)/t20-,21?,22+/m1/s1. The Morgan fingerprint density at radius 2 is 2.09 bits per heavy atom. The van der Waals surface area contributed by atoms with Gasteiger partial charge in [-0.1, -0.05) is 13.5 Å². The lowest BCUT2D eigenvalue weighted by Gasteiger charge is -2.32. The van der Waals surface area contributed by atoms with Crippen molar-refractivity contribution >= 4 is 17.7 Å². The molecule has 2 heterocycles. The van der Waals surface area contributed by atoms with E-state index in [2.05, 4.69) is 23.7 Å². The highest BCUT2D eigenvalue weighted by atomic mass is 19.1. The minimum atomic E-state index is -0.621. The average molecular weight is 458 g/mol. The number of piperidine rings is 1. The Balaban J connectivity index is 1.41. The first kappa shape index (κ1) is 23.4. The summed E-state index contributed by atoms with van der Waals surface area (Å²) in [6.45, 7) is 7.48. The number of hydrogen-bond donors (Lipinski definition) is 1. The lowest BCUT2D eigenvalue weighted by molar-refractivity contribution is -0.136. The van der Waals surface area contributed by atoms with Crippen LogP contribution in [0.5, 0.6) is 5.75 Å². The number of nitrogens with one attached hydrogen (secondary N) is 1. The minimum absolute atomic E-state index is 0.0416. The normalized spacial score (nSPS) is 24.9. The summed E-state index contributed by atoms with van der Waals surface area (Å²) in [6, 6.07) is 5.15. The van der Waals surface area contributed by atoms with Gasteiger partial charge in [-0.25, -0.2) is 4.39 Å². The average Bonchev–Trinajstić information content (AvgIpc) is 3.35. The number of benzene rings is 1. The number of likely N-dealkylation sites (N-methyl/N-ethyl adjacent to an activating group) is 1. The van der Waals surface area contributed by atoms with Crippen molar-refractivity contribution in [1.82, 2.24) is 15.1 Å². The van der Waals surface area contributed by atoms with Gasteiger partial charge in [0.2, 0.25) is 11.8 Å². The van der Waals surface area contributed by atoms with Gasteiger partial charge in [-0.2, -0.15) is 0 Å². The molecule has 0 spiro atoms. The van der Waals surface area contributed by atoms with Crippen LogP contribution < -0.4 is 10.1 Å². The third kappa shape index (κ3) is 5.11. The van der Waals surface area contributed by atoms with Gasteiger partial charge >= 0.3 is 0 Å². The summed E-state index contributed by atoms with van der Waals surface area (Å²) in [4.78, 5) is 40.5. The maximum atomic E-state index is 13.0. The lowest BCUT2D eigenvalue weighted by Crippen LogP contribution is -2.52. The fourth-order valence-electron chi connectivity index (χ4n) is 5.29. The van der Waals surface area contributed by atoms with E-state index in [1.54, 1.807) is 11.0 Å². The van der Waals surface area contributed by atoms with Crippen molar-refractivity contribution < 1.29 is 23.5 Å². The largest absolute Gasteiger partial charge is 0.489 e. The summed E-state index contributed by atoms with van der Waals surface area (Å²) in [5.41, 5.74) is 1.42. The fraction of sp³-hybridized carbons (Fsp3) is 0.560. The van der Waals surface area contributed by atoms with Crippen molar-refractivity contribution in [2.24, 2.45) is 0 Å². The van der Waals surface area contributed by atoms with E-state index in [0.29, 0.717) is 24.9 Å². The zero-order valence-electron chi connectivity index (χ0n) is 19.1. The fourth-order valence-corrected chi connectivity index (χ4v) is 5.29. The molecule has 3 amide bonds. The second-order valence-electron chi connectivity index (χ2n) is 9.12. The molecule has 3 atom stereocenters. The molecule has 4 rings (SSSR count). The number of nitrogens with zero attached hydrogens (tertiary/aromatic N) is 2. The van der Waals surface area contributed by atoms with Crippen LogP contribution in [0.25, 0.3) is 0 Å². The number of rotatable bonds is 9. The second kappa shape index (κ2) is 10.0. The van der Waals surface area contributed by atoms with Crippen molar-refractivity contribution in [2.45, 2.75) is 76.6 Å². The van der Waals surface area contributed by atoms with Gasteiger partial charge in [0, 0.05) is 24.6 Å². The smallest absolute Gasteiger partial charge is 0.255 e. The number of amides is 3. The third-order valence-electron chi connectivity index (χ3n) is 6.97. The van der Waals surface area contributed by atoms with E-state index in [0.717, 1.165) is 50.1 Å². The maximum absolute atomic E-state index is 13.0. The van der Waals surface area contributed by atoms with Crippen LogP contribution in [0, 0.1) is 0 Å². The Morgan fingerprint density at radius 3 is 2.82 bits per heavy atom. The predicted octanol–water partition coefficient (Wildman–Crippen LogP) is 3.33. The van der Waals surface area contributed by atoms with Crippen LogP contribution in [0.3, 0.4) is 0 Å². The van der Waals surface area contributed by atoms with Crippen molar-refractivity contribution in [3.05, 3.63) is 41.7 Å². The van der Waals surface area contributed by atoms with Gasteiger partial charge in [0.05, 0.1) is 5.83 Å². The van der Waals surface area contributed by atoms with E-state index in [4.69, 9.17) is 4.74 Å². The third-order valence-corrected chi connectivity index (χ3v) is 6.97. The van der Waals surface area contributed by atoms with Crippen LogP contribution in [0.15, 0.2) is 30.6 Å². The molecule has 1 aromatic carbocycles. The Morgan fingerprint density at radius 1 is 1.27 bits per heavy atom. The molecule has 0 radical (unpaired) electrons. The first-order valence-electron chi connectivity index (χ1n) is 11.9. The number of allylic oxidation sites excluding steroid dienone is 1. The zero-order chi connectivity index (χ0) is 23.5. The summed E-state index contributed by atoms with van der Waals surface area (Å²) in [5.74, 6) is -0.441.